The molecule has 5 heteroatoms. The molecule has 2 aromatic heterocycles. The molecular formula is C15H19N3OS. The first-order valence-corrected chi connectivity index (χ1v) is 7.97. The fourth-order valence-electron chi connectivity index (χ4n) is 2.63. The summed E-state index contributed by atoms with van der Waals surface area (Å²) in [5.74, 6) is 0.120. The molecule has 1 saturated heterocycles. The maximum atomic E-state index is 12.6. The Hall–Kier alpha value is -1.62. The van der Waals surface area contributed by atoms with Gasteiger partial charge >= 0.3 is 0 Å². The van der Waals surface area contributed by atoms with Crippen LogP contribution in [0.3, 0.4) is 0 Å². The second kappa shape index (κ2) is 5.40. The molecule has 1 atom stereocenters. The van der Waals surface area contributed by atoms with Gasteiger partial charge in [-0.15, -0.1) is 11.3 Å². The largest absolute Gasteiger partial charge is 0.331 e. The van der Waals surface area contributed by atoms with Crippen molar-refractivity contribution in [2.75, 3.05) is 6.54 Å². The van der Waals surface area contributed by atoms with Crippen molar-refractivity contribution in [3.63, 3.8) is 0 Å². The van der Waals surface area contributed by atoms with Crippen molar-refractivity contribution >= 4 is 17.2 Å². The number of thiophene rings is 1. The molecule has 3 rings (SSSR count). The van der Waals surface area contributed by atoms with E-state index in [0.29, 0.717) is 0 Å². The van der Waals surface area contributed by atoms with Crippen molar-refractivity contribution in [2.45, 2.75) is 39.3 Å². The van der Waals surface area contributed by atoms with Crippen LogP contribution in [0.15, 0.2) is 23.7 Å². The summed E-state index contributed by atoms with van der Waals surface area (Å²) in [6.45, 7) is 5.74. The summed E-state index contributed by atoms with van der Waals surface area (Å²) < 4.78 is 1.88. The molecule has 20 heavy (non-hydrogen) atoms. The third-order valence-corrected chi connectivity index (χ3v) is 4.76. The molecule has 0 aromatic carbocycles. The highest BCUT2D eigenvalue weighted by atomic mass is 32.1. The van der Waals surface area contributed by atoms with Crippen LogP contribution in [0.2, 0.25) is 0 Å². The molecule has 1 aliphatic heterocycles. The Bertz CT molecular complexity index is 603. The van der Waals surface area contributed by atoms with Gasteiger partial charge in [0.2, 0.25) is 0 Å². The number of amides is 1. The Morgan fingerprint density at radius 2 is 2.40 bits per heavy atom. The Balaban J connectivity index is 1.79. The average Bonchev–Trinajstić information content (AvgIpc) is 2.98. The van der Waals surface area contributed by atoms with E-state index in [9.17, 15) is 4.79 Å². The van der Waals surface area contributed by atoms with E-state index in [1.807, 2.05) is 28.8 Å². The van der Waals surface area contributed by atoms with E-state index in [1.54, 1.807) is 11.3 Å². The van der Waals surface area contributed by atoms with Crippen LogP contribution in [-0.2, 0) is 6.54 Å². The normalized spacial score (nSPS) is 18.1. The smallest absolute Gasteiger partial charge is 0.257 e. The number of aromatic nitrogens is 2. The predicted octanol–water partition coefficient (Wildman–Crippen LogP) is 3.25. The maximum Gasteiger partial charge on any atom is 0.257 e. The lowest BCUT2D eigenvalue weighted by Gasteiger charge is -2.40. The van der Waals surface area contributed by atoms with Gasteiger partial charge in [0, 0.05) is 24.2 Å². The first-order chi connectivity index (χ1) is 9.70. The van der Waals surface area contributed by atoms with Crippen molar-refractivity contribution in [3.05, 3.63) is 39.8 Å². The van der Waals surface area contributed by atoms with Gasteiger partial charge in [-0.25, -0.2) is 0 Å². The van der Waals surface area contributed by atoms with Crippen LogP contribution >= 0.6 is 11.3 Å². The number of nitrogens with zero attached hydrogens (tertiary/aromatic N) is 3. The highest BCUT2D eigenvalue weighted by molar-refractivity contribution is 7.10. The van der Waals surface area contributed by atoms with Gasteiger partial charge in [-0.1, -0.05) is 13.0 Å². The zero-order chi connectivity index (χ0) is 14.1. The number of hydrogen-bond donors (Lipinski definition) is 0. The van der Waals surface area contributed by atoms with Gasteiger partial charge in [-0.3, -0.25) is 9.48 Å². The van der Waals surface area contributed by atoms with Gasteiger partial charge in [0.15, 0.2) is 0 Å². The van der Waals surface area contributed by atoms with E-state index in [0.717, 1.165) is 37.2 Å². The minimum absolute atomic E-state index is 0.120. The highest BCUT2D eigenvalue weighted by Gasteiger charge is 2.35. The van der Waals surface area contributed by atoms with Crippen molar-refractivity contribution in [2.24, 2.45) is 0 Å². The molecule has 106 valence electrons. The summed E-state index contributed by atoms with van der Waals surface area (Å²) in [6.07, 6.45) is 3.98. The van der Waals surface area contributed by atoms with Gasteiger partial charge in [0.25, 0.3) is 5.91 Å². The summed E-state index contributed by atoms with van der Waals surface area (Å²) in [5.41, 5.74) is 1.58. The molecule has 0 spiro atoms. The van der Waals surface area contributed by atoms with Crippen LogP contribution in [-0.4, -0.2) is 27.1 Å². The Labute approximate surface area is 123 Å². The molecule has 0 radical (unpaired) electrons. The third-order valence-electron chi connectivity index (χ3n) is 3.78. The highest BCUT2D eigenvalue weighted by Crippen LogP contribution is 2.36. The van der Waals surface area contributed by atoms with Gasteiger partial charge in [0.05, 0.1) is 17.3 Å². The topological polar surface area (TPSA) is 38.1 Å². The Morgan fingerprint density at radius 3 is 3.00 bits per heavy atom. The lowest BCUT2D eigenvalue weighted by Crippen LogP contribution is -2.44. The monoisotopic (exact) mass is 289 g/mol. The number of carbonyl (C=O) groups excluding carboxylic acids is 1. The van der Waals surface area contributed by atoms with Gasteiger partial charge in [-0.05, 0) is 31.2 Å². The Kier molecular flexibility index (Phi) is 3.61. The van der Waals surface area contributed by atoms with Crippen LogP contribution in [0.1, 0.15) is 46.7 Å². The number of carbonyl (C=O) groups is 1. The zero-order valence-electron chi connectivity index (χ0n) is 11.9. The molecule has 0 unspecified atom stereocenters. The zero-order valence-corrected chi connectivity index (χ0v) is 12.7. The molecule has 4 nitrogen and oxygen atoms in total. The number of rotatable bonds is 4. The molecule has 1 amide bonds. The van der Waals surface area contributed by atoms with Gasteiger partial charge < -0.3 is 4.90 Å². The molecular weight excluding hydrogens is 270 g/mol. The molecule has 1 aliphatic rings. The number of hydrogen-bond acceptors (Lipinski definition) is 3. The molecule has 0 saturated carbocycles. The number of likely N-dealkylation sites (tertiary alicyclic amines) is 1. The predicted molar refractivity (Wildman–Crippen MR) is 80.0 cm³/mol. The summed E-state index contributed by atoms with van der Waals surface area (Å²) in [6, 6.07) is 4.42. The SMILES string of the molecule is CCCn1cc(C(=O)N2CC[C@H]2c2cccs2)c(C)n1. The lowest BCUT2D eigenvalue weighted by molar-refractivity contribution is 0.0467. The quantitative estimate of drug-likeness (QED) is 0.866. The van der Waals surface area contributed by atoms with Crippen molar-refractivity contribution in [1.29, 1.82) is 0 Å². The third kappa shape index (κ3) is 2.26. The molecule has 0 aliphatic carbocycles. The van der Waals surface area contributed by atoms with E-state index < -0.39 is 0 Å². The van der Waals surface area contributed by atoms with Crippen LogP contribution in [0.25, 0.3) is 0 Å². The summed E-state index contributed by atoms with van der Waals surface area (Å²) >= 11 is 1.73. The fraction of sp³-hybridized carbons (Fsp3) is 0.467. The van der Waals surface area contributed by atoms with Gasteiger partial charge in [-0.2, -0.15) is 5.10 Å². The minimum atomic E-state index is 0.120. The van der Waals surface area contributed by atoms with Crippen molar-refractivity contribution in [3.8, 4) is 0 Å². The second-order valence-electron chi connectivity index (χ2n) is 5.21. The molecule has 3 heterocycles. The van der Waals surface area contributed by atoms with E-state index in [1.165, 1.54) is 4.88 Å². The molecule has 0 bridgehead atoms. The van der Waals surface area contributed by atoms with E-state index in [-0.39, 0.29) is 11.9 Å². The first kappa shape index (κ1) is 13.4. The summed E-state index contributed by atoms with van der Waals surface area (Å²) in [4.78, 5) is 15.9. The van der Waals surface area contributed by atoms with Crippen LogP contribution in [0, 0.1) is 6.92 Å². The molecule has 0 N–H and O–H groups in total. The minimum Gasteiger partial charge on any atom is -0.331 e. The summed E-state index contributed by atoms with van der Waals surface area (Å²) in [5, 5.41) is 6.49. The van der Waals surface area contributed by atoms with E-state index >= 15 is 0 Å². The van der Waals surface area contributed by atoms with Crippen LogP contribution in [0.4, 0.5) is 0 Å². The van der Waals surface area contributed by atoms with Crippen molar-refractivity contribution in [1.82, 2.24) is 14.7 Å². The van der Waals surface area contributed by atoms with E-state index in [2.05, 4.69) is 23.5 Å². The van der Waals surface area contributed by atoms with Crippen molar-refractivity contribution < 1.29 is 4.79 Å². The lowest BCUT2D eigenvalue weighted by atomic mass is 10.00. The van der Waals surface area contributed by atoms with Gasteiger partial charge in [0.1, 0.15) is 0 Å². The van der Waals surface area contributed by atoms with Crippen LogP contribution in [0.5, 0.6) is 0 Å². The van der Waals surface area contributed by atoms with E-state index in [4.69, 9.17) is 0 Å². The second-order valence-corrected chi connectivity index (χ2v) is 6.19. The number of aryl methyl sites for hydroxylation is 2. The maximum absolute atomic E-state index is 12.6. The van der Waals surface area contributed by atoms with Crippen LogP contribution < -0.4 is 0 Å². The standard InChI is InChI=1S/C15H19N3OS/c1-3-7-17-10-12(11(2)16-17)15(19)18-8-6-13(18)14-5-4-9-20-14/h4-5,9-10,13H,3,6-8H2,1-2H3/t13-/m0/s1. The summed E-state index contributed by atoms with van der Waals surface area (Å²) in [7, 11) is 0. The Morgan fingerprint density at radius 1 is 1.55 bits per heavy atom. The fourth-order valence-corrected chi connectivity index (χ4v) is 3.51. The first-order valence-electron chi connectivity index (χ1n) is 7.09. The average molecular weight is 289 g/mol. The molecule has 1 fully saturated rings. The molecule has 2 aromatic rings.